The van der Waals surface area contributed by atoms with Crippen molar-refractivity contribution in [2.75, 3.05) is 14.2 Å². The van der Waals surface area contributed by atoms with E-state index in [0.29, 0.717) is 40.6 Å². The molecule has 1 saturated carbocycles. The van der Waals surface area contributed by atoms with Gasteiger partial charge >= 0.3 is 6.09 Å². The van der Waals surface area contributed by atoms with Gasteiger partial charge in [-0.1, -0.05) is 48.0 Å². The fraction of sp³-hybridized carbons (Fsp3) is 0.361. The number of primary amides is 1. The quantitative estimate of drug-likeness (QED) is 0.205. The molecule has 5 rings (SSSR count). The molecule has 0 unspecified atom stereocenters. The number of thiophene rings is 1. The molecular formula is C36H40ClN3O5S. The van der Waals surface area contributed by atoms with Gasteiger partial charge in [-0.3, -0.25) is 9.59 Å². The smallest absolute Gasteiger partial charge is 0.410 e. The number of hydrogen-bond donors (Lipinski definition) is 1. The number of nitrogens with zero attached hydrogens (tertiary/aromatic N) is 2. The number of halogens is 1. The second kappa shape index (κ2) is 13.7. The minimum atomic E-state index is -0.577. The molecule has 1 aliphatic carbocycles. The number of nitrogens with two attached hydrogens (primary N) is 1. The van der Waals surface area contributed by atoms with Crippen LogP contribution in [0.2, 0.25) is 5.02 Å². The summed E-state index contributed by atoms with van der Waals surface area (Å²) < 4.78 is 12.3. The van der Waals surface area contributed by atoms with Crippen LogP contribution >= 0.6 is 22.9 Å². The predicted molar refractivity (Wildman–Crippen MR) is 184 cm³/mol. The first-order chi connectivity index (χ1) is 21.9. The molecule has 4 aromatic rings. The number of ether oxygens (including phenoxy) is 2. The first-order valence-corrected chi connectivity index (χ1v) is 16.6. The normalized spacial score (nSPS) is 16.6. The number of fused-ring (bicyclic) bond motifs is 1. The first kappa shape index (κ1) is 33.3. The number of methoxy groups -OCH3 is 1. The molecule has 1 aliphatic rings. The molecule has 0 aliphatic heterocycles. The van der Waals surface area contributed by atoms with Gasteiger partial charge in [0.05, 0.1) is 12.1 Å². The zero-order valence-electron chi connectivity index (χ0n) is 26.8. The number of hydrogen-bond acceptors (Lipinski definition) is 6. The minimum Gasteiger partial charge on any atom is -0.496 e. The largest absolute Gasteiger partial charge is 0.496 e. The summed E-state index contributed by atoms with van der Waals surface area (Å²) in [5, 5.41) is 1.32. The van der Waals surface area contributed by atoms with Crippen LogP contribution < -0.4 is 10.5 Å². The molecule has 0 atom stereocenters. The van der Waals surface area contributed by atoms with Gasteiger partial charge in [0.15, 0.2) is 0 Å². The highest BCUT2D eigenvalue weighted by Crippen LogP contribution is 2.39. The maximum Gasteiger partial charge on any atom is 0.410 e. The Kier molecular flexibility index (Phi) is 9.93. The van der Waals surface area contributed by atoms with E-state index in [4.69, 9.17) is 26.8 Å². The Morgan fingerprint density at radius 3 is 2.17 bits per heavy atom. The van der Waals surface area contributed by atoms with Gasteiger partial charge in [0.25, 0.3) is 5.91 Å². The zero-order valence-corrected chi connectivity index (χ0v) is 28.4. The van der Waals surface area contributed by atoms with Gasteiger partial charge in [-0.2, -0.15) is 0 Å². The van der Waals surface area contributed by atoms with E-state index in [1.807, 2.05) is 80.3 Å². The SMILES string of the molecule is COc1ccc(-c2ccc(C(N)=O)cc2)cc1CN(C(=O)c1sc2ccccc2c1Cl)[C@H]1CC[C@H](N(C)C(=O)OC(C)(C)C)CC1. The number of benzene rings is 3. The molecular weight excluding hydrogens is 622 g/mol. The van der Waals surface area contributed by atoms with Crippen LogP contribution in [0.15, 0.2) is 66.7 Å². The summed E-state index contributed by atoms with van der Waals surface area (Å²) >= 11 is 8.24. The molecule has 0 saturated heterocycles. The van der Waals surface area contributed by atoms with Crippen LogP contribution in [0.1, 0.15) is 72.0 Å². The third kappa shape index (κ3) is 7.32. The molecule has 0 spiro atoms. The molecule has 46 heavy (non-hydrogen) atoms. The summed E-state index contributed by atoms with van der Waals surface area (Å²) in [7, 11) is 3.40. The van der Waals surface area contributed by atoms with Crippen molar-refractivity contribution in [1.29, 1.82) is 0 Å². The molecule has 1 fully saturated rings. The Morgan fingerprint density at radius 1 is 0.935 bits per heavy atom. The fourth-order valence-corrected chi connectivity index (χ4v) is 7.45. The molecule has 1 aromatic heterocycles. The Balaban J connectivity index is 1.46. The summed E-state index contributed by atoms with van der Waals surface area (Å²) in [5.74, 6) is 0.0486. The van der Waals surface area contributed by atoms with E-state index in [9.17, 15) is 14.4 Å². The molecule has 0 bridgehead atoms. The van der Waals surface area contributed by atoms with Crippen molar-refractivity contribution in [3.63, 3.8) is 0 Å². The molecule has 0 radical (unpaired) electrons. The summed E-state index contributed by atoms with van der Waals surface area (Å²) in [6.45, 7) is 5.88. The molecule has 10 heteroatoms. The Hall–Kier alpha value is -4.08. The highest BCUT2D eigenvalue weighted by Gasteiger charge is 2.35. The van der Waals surface area contributed by atoms with E-state index in [2.05, 4.69) is 0 Å². The Bertz CT molecular complexity index is 1740. The van der Waals surface area contributed by atoms with Crippen LogP contribution in [0, 0.1) is 0 Å². The standard InChI is InChI=1S/C36H40ClN3O5S/c1-36(2,3)45-35(43)39(4)26-15-17-27(18-16-26)40(34(42)32-31(37)28-8-6-7-9-30(28)46-32)21-25-20-24(14-19-29(25)44-5)22-10-12-23(13-11-22)33(38)41/h6-14,19-20,26-27H,15-18,21H2,1-5H3,(H2,38,41)/t26-,27-. The molecule has 8 nitrogen and oxygen atoms in total. The maximum atomic E-state index is 14.5. The van der Waals surface area contributed by atoms with Crippen molar-refractivity contribution in [3.8, 4) is 16.9 Å². The monoisotopic (exact) mass is 661 g/mol. The molecule has 2 N–H and O–H groups in total. The van der Waals surface area contributed by atoms with Crippen molar-refractivity contribution in [2.24, 2.45) is 5.73 Å². The van der Waals surface area contributed by atoms with Gasteiger partial charge in [-0.05, 0) is 87.9 Å². The van der Waals surface area contributed by atoms with E-state index in [0.717, 1.165) is 39.6 Å². The van der Waals surface area contributed by atoms with Crippen LogP contribution in [-0.4, -0.2) is 59.5 Å². The molecule has 1 heterocycles. The summed E-state index contributed by atoms with van der Waals surface area (Å²) in [5.41, 5.74) is 7.97. The van der Waals surface area contributed by atoms with Crippen LogP contribution in [-0.2, 0) is 11.3 Å². The summed E-state index contributed by atoms with van der Waals surface area (Å²) in [6.07, 6.45) is 2.54. The van der Waals surface area contributed by atoms with Crippen LogP contribution in [0.4, 0.5) is 4.79 Å². The third-order valence-electron chi connectivity index (χ3n) is 8.45. The average Bonchev–Trinajstić information content (AvgIpc) is 3.38. The Morgan fingerprint density at radius 2 is 1.57 bits per heavy atom. The second-order valence-electron chi connectivity index (χ2n) is 12.7. The highest BCUT2D eigenvalue weighted by molar-refractivity contribution is 7.21. The van der Waals surface area contributed by atoms with E-state index >= 15 is 0 Å². The topological polar surface area (TPSA) is 102 Å². The van der Waals surface area contributed by atoms with Gasteiger partial charge < -0.3 is 25.0 Å². The number of rotatable bonds is 8. The van der Waals surface area contributed by atoms with Crippen molar-refractivity contribution in [3.05, 3.63) is 87.8 Å². The van der Waals surface area contributed by atoms with Gasteiger partial charge in [0, 0.05) is 46.9 Å². The number of amides is 3. The van der Waals surface area contributed by atoms with Crippen molar-refractivity contribution >= 4 is 50.9 Å². The van der Waals surface area contributed by atoms with Crippen LogP contribution in [0.3, 0.4) is 0 Å². The maximum absolute atomic E-state index is 14.5. The van der Waals surface area contributed by atoms with E-state index in [1.165, 1.54) is 11.3 Å². The number of carbonyl (C=O) groups excluding carboxylic acids is 3. The first-order valence-electron chi connectivity index (χ1n) is 15.4. The van der Waals surface area contributed by atoms with Crippen molar-refractivity contribution in [2.45, 2.75) is 70.7 Å². The van der Waals surface area contributed by atoms with E-state index in [1.54, 1.807) is 31.2 Å². The highest BCUT2D eigenvalue weighted by atomic mass is 35.5. The lowest BCUT2D eigenvalue weighted by Crippen LogP contribution is -2.47. The predicted octanol–water partition coefficient (Wildman–Crippen LogP) is 8.15. The summed E-state index contributed by atoms with van der Waals surface area (Å²) in [6, 6.07) is 20.7. The lowest BCUT2D eigenvalue weighted by Gasteiger charge is -2.40. The fourth-order valence-electron chi connectivity index (χ4n) is 5.98. The Labute approximate surface area is 279 Å². The summed E-state index contributed by atoms with van der Waals surface area (Å²) in [4.78, 5) is 43.0. The lowest BCUT2D eigenvalue weighted by molar-refractivity contribution is 0.0144. The van der Waals surface area contributed by atoms with E-state index < -0.39 is 11.5 Å². The van der Waals surface area contributed by atoms with Gasteiger partial charge in [-0.15, -0.1) is 11.3 Å². The lowest BCUT2D eigenvalue weighted by atomic mass is 9.89. The van der Waals surface area contributed by atoms with Crippen molar-refractivity contribution in [1.82, 2.24) is 9.80 Å². The molecule has 3 aromatic carbocycles. The zero-order chi connectivity index (χ0) is 33.2. The van der Waals surface area contributed by atoms with E-state index in [-0.39, 0.29) is 24.1 Å². The van der Waals surface area contributed by atoms with Gasteiger partial charge in [-0.25, -0.2) is 4.79 Å². The van der Waals surface area contributed by atoms with Gasteiger partial charge in [0.1, 0.15) is 16.2 Å². The number of carbonyl (C=O) groups is 3. The second-order valence-corrected chi connectivity index (χ2v) is 14.1. The van der Waals surface area contributed by atoms with Crippen molar-refractivity contribution < 1.29 is 23.9 Å². The molecule has 242 valence electrons. The van der Waals surface area contributed by atoms with Crippen LogP contribution in [0.25, 0.3) is 21.2 Å². The van der Waals surface area contributed by atoms with Gasteiger partial charge in [0.2, 0.25) is 5.91 Å². The third-order valence-corrected chi connectivity index (χ3v) is 10.1. The minimum absolute atomic E-state index is 0.0113. The van der Waals surface area contributed by atoms with Crippen LogP contribution in [0.5, 0.6) is 5.75 Å². The average molecular weight is 662 g/mol. The molecule has 3 amide bonds.